The van der Waals surface area contributed by atoms with Gasteiger partial charge in [-0.1, -0.05) is 0 Å². The maximum Gasteiger partial charge on any atom is 0.325 e. The number of carboxylic acid groups (broad SMARTS) is 1. The number of pyridine rings is 1. The van der Waals surface area contributed by atoms with E-state index in [2.05, 4.69) is 20.5 Å². The predicted molar refractivity (Wildman–Crippen MR) is 60.5 cm³/mol. The molecule has 0 unspecified atom stereocenters. The molecule has 0 bridgehead atoms. The van der Waals surface area contributed by atoms with Crippen LogP contribution in [0.3, 0.4) is 0 Å². The summed E-state index contributed by atoms with van der Waals surface area (Å²) >= 11 is 0.900. The summed E-state index contributed by atoms with van der Waals surface area (Å²) in [6.07, 6.45) is 2.49. The van der Waals surface area contributed by atoms with Crippen LogP contribution in [0.15, 0.2) is 28.5 Å². The van der Waals surface area contributed by atoms with Gasteiger partial charge in [0.2, 0.25) is 5.16 Å². The van der Waals surface area contributed by atoms with Crippen molar-refractivity contribution in [1.29, 1.82) is 0 Å². The lowest BCUT2D eigenvalue weighted by Gasteiger charge is -2.01. The summed E-state index contributed by atoms with van der Waals surface area (Å²) in [5.41, 5.74) is -0.197. The molecule has 11 heteroatoms. The molecule has 0 spiro atoms. The first-order valence-electron chi connectivity index (χ1n) is 4.82. The van der Waals surface area contributed by atoms with E-state index in [0.29, 0.717) is 0 Å². The highest BCUT2D eigenvalue weighted by Gasteiger charge is 2.18. The van der Waals surface area contributed by atoms with Crippen LogP contribution in [0.25, 0.3) is 0 Å². The molecule has 0 fully saturated rings. The van der Waals surface area contributed by atoms with Crippen LogP contribution in [-0.2, 0) is 11.3 Å². The quantitative estimate of drug-likeness (QED) is 0.602. The highest BCUT2D eigenvalue weighted by atomic mass is 32.2. The summed E-state index contributed by atoms with van der Waals surface area (Å²) < 4.78 is 1.04. The summed E-state index contributed by atoms with van der Waals surface area (Å²) in [4.78, 5) is 24.8. The Balaban J connectivity index is 2.29. The summed E-state index contributed by atoms with van der Waals surface area (Å²) in [5.74, 6) is -1.11. The van der Waals surface area contributed by atoms with Crippen LogP contribution in [0.5, 0.6) is 0 Å². The Labute approximate surface area is 109 Å². The van der Waals surface area contributed by atoms with Crippen LogP contribution in [0, 0.1) is 10.1 Å². The Morgan fingerprint density at radius 3 is 3.05 bits per heavy atom. The topological polar surface area (TPSA) is 137 Å². The number of aliphatic carboxylic acids is 1. The van der Waals surface area contributed by atoms with Gasteiger partial charge in [-0.05, 0) is 28.3 Å². The molecule has 0 saturated heterocycles. The lowest BCUT2D eigenvalue weighted by molar-refractivity contribution is -0.388. The Kier molecular flexibility index (Phi) is 3.66. The van der Waals surface area contributed by atoms with E-state index < -0.39 is 17.4 Å². The van der Waals surface area contributed by atoms with Crippen molar-refractivity contribution >= 4 is 23.4 Å². The van der Waals surface area contributed by atoms with Gasteiger partial charge in [0.15, 0.2) is 0 Å². The van der Waals surface area contributed by atoms with Gasteiger partial charge in [0, 0.05) is 6.20 Å². The fourth-order valence-corrected chi connectivity index (χ4v) is 2.03. The van der Waals surface area contributed by atoms with Crippen LogP contribution in [0.1, 0.15) is 0 Å². The molecule has 0 saturated carbocycles. The summed E-state index contributed by atoms with van der Waals surface area (Å²) in [6.45, 7) is -0.422. The predicted octanol–water partition coefficient (Wildman–Crippen LogP) is 0.212. The molecule has 2 rings (SSSR count). The van der Waals surface area contributed by atoms with Gasteiger partial charge in [-0.15, -0.1) is 5.10 Å². The van der Waals surface area contributed by atoms with Crippen LogP contribution in [-0.4, -0.2) is 41.2 Å². The second kappa shape index (κ2) is 5.39. The number of hydrogen-bond donors (Lipinski definition) is 1. The minimum Gasteiger partial charge on any atom is -0.480 e. The number of hydrogen-bond acceptors (Lipinski definition) is 8. The van der Waals surface area contributed by atoms with Crippen LogP contribution < -0.4 is 0 Å². The first kappa shape index (κ1) is 12.9. The zero-order valence-electron chi connectivity index (χ0n) is 9.20. The highest BCUT2D eigenvalue weighted by molar-refractivity contribution is 7.99. The molecule has 0 aromatic carbocycles. The SMILES string of the molecule is O=C(O)Cn1nnnc1Sc1ccncc1[N+](=O)[O-]. The smallest absolute Gasteiger partial charge is 0.325 e. The van der Waals surface area contributed by atoms with Crippen LogP contribution >= 0.6 is 11.8 Å². The molecule has 1 N–H and O–H groups in total. The van der Waals surface area contributed by atoms with E-state index in [0.717, 1.165) is 22.6 Å². The zero-order valence-corrected chi connectivity index (χ0v) is 10.0. The van der Waals surface area contributed by atoms with E-state index in [-0.39, 0.29) is 15.7 Å². The van der Waals surface area contributed by atoms with Gasteiger partial charge in [0.05, 0.1) is 9.82 Å². The summed E-state index contributed by atoms with van der Waals surface area (Å²) in [5, 5.41) is 30.1. The Hall–Kier alpha value is -2.56. The van der Waals surface area contributed by atoms with E-state index in [4.69, 9.17) is 5.11 Å². The van der Waals surface area contributed by atoms with E-state index in [1.807, 2.05) is 0 Å². The molecule has 2 aromatic heterocycles. The van der Waals surface area contributed by atoms with E-state index in [1.165, 1.54) is 12.3 Å². The third-order valence-electron chi connectivity index (χ3n) is 1.94. The van der Waals surface area contributed by atoms with Gasteiger partial charge in [-0.2, -0.15) is 0 Å². The van der Waals surface area contributed by atoms with Crippen molar-refractivity contribution in [3.8, 4) is 0 Å². The third kappa shape index (κ3) is 3.01. The number of rotatable bonds is 5. The molecular formula is C8H6N6O4S. The number of aromatic nitrogens is 5. The number of carbonyl (C=O) groups is 1. The number of carboxylic acids is 1. The fraction of sp³-hybridized carbons (Fsp3) is 0.125. The molecule has 0 radical (unpaired) electrons. The maximum absolute atomic E-state index is 10.8. The number of nitrogens with zero attached hydrogens (tertiary/aromatic N) is 6. The van der Waals surface area contributed by atoms with Crippen molar-refractivity contribution in [1.82, 2.24) is 25.2 Å². The first-order chi connectivity index (χ1) is 9.08. The van der Waals surface area contributed by atoms with Crippen LogP contribution in [0.4, 0.5) is 5.69 Å². The second-order valence-corrected chi connectivity index (χ2v) is 4.22. The monoisotopic (exact) mass is 282 g/mol. The Morgan fingerprint density at radius 2 is 2.37 bits per heavy atom. The number of nitro groups is 1. The largest absolute Gasteiger partial charge is 0.480 e. The summed E-state index contributed by atoms with van der Waals surface area (Å²) in [7, 11) is 0. The van der Waals surface area contributed by atoms with Gasteiger partial charge < -0.3 is 5.11 Å². The Morgan fingerprint density at radius 1 is 1.58 bits per heavy atom. The molecule has 2 heterocycles. The maximum atomic E-state index is 10.8. The fourth-order valence-electron chi connectivity index (χ4n) is 1.19. The zero-order chi connectivity index (χ0) is 13.8. The van der Waals surface area contributed by atoms with Crippen molar-refractivity contribution in [2.45, 2.75) is 16.6 Å². The van der Waals surface area contributed by atoms with Crippen molar-refractivity contribution in [2.75, 3.05) is 0 Å². The average Bonchev–Trinajstić information content (AvgIpc) is 2.76. The van der Waals surface area contributed by atoms with Gasteiger partial charge in [-0.25, -0.2) is 4.68 Å². The molecular weight excluding hydrogens is 276 g/mol. The minimum atomic E-state index is -1.11. The Bertz CT molecular complexity index is 629. The standard InChI is InChI=1S/C8H6N6O4S/c15-7(16)4-13-8(10-11-12-13)19-6-1-2-9-3-5(6)14(17)18/h1-3H,4H2,(H,15,16). The van der Waals surface area contributed by atoms with Gasteiger partial charge in [-0.3, -0.25) is 19.9 Å². The molecule has 10 nitrogen and oxygen atoms in total. The average molecular weight is 282 g/mol. The van der Waals surface area contributed by atoms with E-state index in [1.54, 1.807) is 0 Å². The normalized spacial score (nSPS) is 10.3. The minimum absolute atomic E-state index is 0.150. The van der Waals surface area contributed by atoms with Crippen molar-refractivity contribution in [2.24, 2.45) is 0 Å². The number of tetrazole rings is 1. The molecule has 19 heavy (non-hydrogen) atoms. The molecule has 2 aromatic rings. The van der Waals surface area contributed by atoms with Gasteiger partial charge in [0.1, 0.15) is 12.7 Å². The van der Waals surface area contributed by atoms with Gasteiger partial charge >= 0.3 is 11.7 Å². The lowest BCUT2D eigenvalue weighted by Crippen LogP contribution is -2.11. The molecule has 0 aliphatic carbocycles. The molecule has 0 atom stereocenters. The van der Waals surface area contributed by atoms with Crippen molar-refractivity contribution in [3.05, 3.63) is 28.6 Å². The molecule has 98 valence electrons. The highest BCUT2D eigenvalue weighted by Crippen LogP contribution is 2.32. The summed E-state index contributed by atoms with van der Waals surface area (Å²) in [6, 6.07) is 1.43. The second-order valence-electron chi connectivity index (χ2n) is 3.22. The van der Waals surface area contributed by atoms with Crippen LogP contribution in [0.2, 0.25) is 0 Å². The molecule has 0 aliphatic heterocycles. The van der Waals surface area contributed by atoms with Gasteiger partial charge in [0.25, 0.3) is 0 Å². The van der Waals surface area contributed by atoms with Crippen molar-refractivity contribution < 1.29 is 14.8 Å². The van der Waals surface area contributed by atoms with Crippen molar-refractivity contribution in [3.63, 3.8) is 0 Å². The first-order valence-corrected chi connectivity index (χ1v) is 5.64. The molecule has 0 amide bonds. The molecule has 0 aliphatic rings. The van der Waals surface area contributed by atoms with E-state index in [9.17, 15) is 14.9 Å². The third-order valence-corrected chi connectivity index (χ3v) is 2.98. The van der Waals surface area contributed by atoms with E-state index >= 15 is 0 Å². The lowest BCUT2D eigenvalue weighted by atomic mass is 10.4.